The molecule has 2 aromatic rings. The van der Waals surface area contributed by atoms with Gasteiger partial charge in [0.15, 0.2) is 0 Å². The van der Waals surface area contributed by atoms with Crippen LogP contribution in [0.25, 0.3) is 11.3 Å². The second-order valence-electron chi connectivity index (χ2n) is 5.93. The summed E-state index contributed by atoms with van der Waals surface area (Å²) in [4.78, 5) is 12.8. The molecule has 0 atom stereocenters. The number of thiophene rings is 1. The number of esters is 1. The number of ether oxygens (including phenoxy) is 1. The number of hydrogen-bond acceptors (Lipinski definition) is 5. The summed E-state index contributed by atoms with van der Waals surface area (Å²) < 4.78 is 45.9. The predicted molar refractivity (Wildman–Crippen MR) is 96.0 cm³/mol. The first kappa shape index (κ1) is 19.3. The van der Waals surface area contributed by atoms with Gasteiger partial charge < -0.3 is 4.74 Å². The molecule has 9 heteroatoms. The number of nitrogens with zero attached hydrogens (tertiary/aromatic N) is 2. The van der Waals surface area contributed by atoms with E-state index in [0.717, 1.165) is 37.8 Å². The topological polar surface area (TPSA) is 44.1 Å². The standard InChI is InChI=1S/C17H19F3N2O2S2/c1-3-7-25-16-12-11(14(26-16)15(23)24-4-2)6-5-10-8-21-22(13(10)12)9-17(18,19)20/h8H,3-7,9H2,1-2H3. The normalized spacial score (nSPS) is 13.4. The molecule has 0 aliphatic heterocycles. The number of alkyl halides is 3. The third kappa shape index (κ3) is 3.78. The summed E-state index contributed by atoms with van der Waals surface area (Å²) in [5.74, 6) is 0.431. The van der Waals surface area contributed by atoms with Gasteiger partial charge in [0.25, 0.3) is 0 Å². The van der Waals surface area contributed by atoms with Gasteiger partial charge in [0.2, 0.25) is 0 Å². The van der Waals surface area contributed by atoms with E-state index in [4.69, 9.17) is 4.74 Å². The summed E-state index contributed by atoms with van der Waals surface area (Å²) in [7, 11) is 0. The van der Waals surface area contributed by atoms with Crippen LogP contribution >= 0.6 is 23.1 Å². The number of hydrogen-bond donors (Lipinski definition) is 0. The lowest BCUT2D eigenvalue weighted by Crippen LogP contribution is -2.20. The highest BCUT2D eigenvalue weighted by atomic mass is 32.2. The molecule has 0 N–H and O–H groups in total. The molecule has 142 valence electrons. The Kier molecular flexibility index (Phi) is 5.67. The third-order valence-electron chi connectivity index (χ3n) is 4.00. The molecule has 26 heavy (non-hydrogen) atoms. The molecule has 4 nitrogen and oxygen atoms in total. The maximum Gasteiger partial charge on any atom is 0.408 e. The third-order valence-corrected chi connectivity index (χ3v) is 6.69. The van der Waals surface area contributed by atoms with Gasteiger partial charge in [0.1, 0.15) is 11.4 Å². The molecule has 0 radical (unpaired) electrons. The number of thioether (sulfide) groups is 1. The van der Waals surface area contributed by atoms with Crippen LogP contribution in [0.4, 0.5) is 13.2 Å². The highest BCUT2D eigenvalue weighted by molar-refractivity contribution is 8.01. The Morgan fingerprint density at radius 1 is 1.38 bits per heavy atom. The van der Waals surface area contributed by atoms with Crippen molar-refractivity contribution in [2.45, 2.75) is 50.0 Å². The van der Waals surface area contributed by atoms with Crippen molar-refractivity contribution in [1.29, 1.82) is 0 Å². The van der Waals surface area contributed by atoms with Crippen molar-refractivity contribution in [3.05, 3.63) is 22.2 Å². The van der Waals surface area contributed by atoms with Gasteiger partial charge in [0.05, 0.1) is 22.7 Å². The minimum atomic E-state index is -4.35. The first-order chi connectivity index (χ1) is 12.4. The van der Waals surface area contributed by atoms with Gasteiger partial charge >= 0.3 is 12.1 Å². The van der Waals surface area contributed by atoms with E-state index in [1.54, 1.807) is 18.7 Å². The smallest absolute Gasteiger partial charge is 0.408 e. The van der Waals surface area contributed by atoms with E-state index in [1.165, 1.54) is 17.5 Å². The second kappa shape index (κ2) is 7.64. The van der Waals surface area contributed by atoms with Crippen molar-refractivity contribution in [2.24, 2.45) is 0 Å². The van der Waals surface area contributed by atoms with Crippen LogP contribution in [-0.2, 0) is 24.1 Å². The minimum absolute atomic E-state index is 0.264. The zero-order valence-corrected chi connectivity index (χ0v) is 16.1. The van der Waals surface area contributed by atoms with Crippen molar-refractivity contribution in [3.63, 3.8) is 0 Å². The van der Waals surface area contributed by atoms with E-state index in [2.05, 4.69) is 5.10 Å². The van der Waals surface area contributed by atoms with E-state index >= 15 is 0 Å². The van der Waals surface area contributed by atoms with Crippen molar-refractivity contribution in [2.75, 3.05) is 12.4 Å². The Hall–Kier alpha value is -1.48. The number of carbonyl (C=O) groups excluding carboxylic acids is 1. The fraction of sp³-hybridized carbons (Fsp3) is 0.529. The number of carbonyl (C=O) groups is 1. The van der Waals surface area contributed by atoms with Crippen LogP contribution in [0.1, 0.15) is 41.1 Å². The number of halogens is 3. The van der Waals surface area contributed by atoms with Crippen LogP contribution in [0.3, 0.4) is 0 Å². The molecule has 0 bridgehead atoms. The molecule has 1 aliphatic rings. The molecule has 3 rings (SSSR count). The molecule has 0 aromatic carbocycles. The van der Waals surface area contributed by atoms with Gasteiger partial charge in [-0.1, -0.05) is 6.92 Å². The molecule has 2 aromatic heterocycles. The highest BCUT2D eigenvalue weighted by Gasteiger charge is 2.35. The first-order valence-electron chi connectivity index (χ1n) is 8.43. The molecule has 0 saturated heterocycles. The van der Waals surface area contributed by atoms with Gasteiger partial charge in [-0.25, -0.2) is 4.79 Å². The second-order valence-corrected chi connectivity index (χ2v) is 8.32. The fourth-order valence-electron chi connectivity index (χ4n) is 3.02. The molecule has 1 aliphatic carbocycles. The molecule has 0 saturated carbocycles. The average Bonchev–Trinajstić information content (AvgIpc) is 3.13. The summed E-state index contributed by atoms with van der Waals surface area (Å²) in [6, 6.07) is 0. The largest absolute Gasteiger partial charge is 0.462 e. The molecule has 0 amide bonds. The number of fused-ring (bicyclic) bond motifs is 3. The van der Waals surface area contributed by atoms with Gasteiger partial charge in [0, 0.05) is 5.56 Å². The van der Waals surface area contributed by atoms with Crippen LogP contribution in [0.15, 0.2) is 10.4 Å². The summed E-state index contributed by atoms with van der Waals surface area (Å²) in [6.45, 7) is 2.91. The Morgan fingerprint density at radius 2 is 2.15 bits per heavy atom. The van der Waals surface area contributed by atoms with Gasteiger partial charge in [-0.2, -0.15) is 18.3 Å². The Balaban J connectivity index is 2.12. The SMILES string of the molecule is CCCSc1sc(C(=O)OCC)c2c1-c1c(cnn1CC(F)(F)F)CC2. The summed E-state index contributed by atoms with van der Waals surface area (Å²) >= 11 is 2.90. The van der Waals surface area contributed by atoms with Gasteiger partial charge in [-0.3, -0.25) is 4.68 Å². The summed E-state index contributed by atoms with van der Waals surface area (Å²) in [5.41, 5.74) is 2.82. The highest BCUT2D eigenvalue weighted by Crippen LogP contribution is 2.47. The predicted octanol–water partition coefficient (Wildman–Crippen LogP) is 4.95. The zero-order chi connectivity index (χ0) is 18.9. The summed E-state index contributed by atoms with van der Waals surface area (Å²) in [5, 5.41) is 3.97. The van der Waals surface area contributed by atoms with Crippen molar-refractivity contribution in [1.82, 2.24) is 9.78 Å². The van der Waals surface area contributed by atoms with E-state index < -0.39 is 18.7 Å². The van der Waals surface area contributed by atoms with Crippen LogP contribution in [0.5, 0.6) is 0 Å². The van der Waals surface area contributed by atoms with Crippen LogP contribution in [0, 0.1) is 0 Å². The fourth-order valence-corrected chi connectivity index (χ4v) is 5.49. The maximum atomic E-state index is 13.0. The van der Waals surface area contributed by atoms with E-state index in [-0.39, 0.29) is 6.61 Å². The Bertz CT molecular complexity index is 812. The number of rotatable bonds is 6. The van der Waals surface area contributed by atoms with E-state index in [1.807, 2.05) is 6.92 Å². The monoisotopic (exact) mass is 404 g/mol. The lowest BCUT2D eigenvalue weighted by molar-refractivity contribution is -0.142. The maximum absolute atomic E-state index is 13.0. The summed E-state index contributed by atoms with van der Waals surface area (Å²) in [6.07, 6.45) is -0.729. The molecule has 0 unspecified atom stereocenters. The van der Waals surface area contributed by atoms with Crippen LogP contribution in [0.2, 0.25) is 0 Å². The van der Waals surface area contributed by atoms with Gasteiger partial charge in [-0.05, 0) is 43.1 Å². The average molecular weight is 404 g/mol. The molecule has 0 spiro atoms. The minimum Gasteiger partial charge on any atom is -0.462 e. The molecular formula is C17H19F3N2O2S2. The zero-order valence-electron chi connectivity index (χ0n) is 14.5. The van der Waals surface area contributed by atoms with Crippen molar-refractivity contribution < 1.29 is 22.7 Å². The molecular weight excluding hydrogens is 385 g/mol. The lowest BCUT2D eigenvalue weighted by atomic mass is 9.92. The molecule has 2 heterocycles. The number of aryl methyl sites for hydroxylation is 1. The van der Waals surface area contributed by atoms with Crippen LogP contribution < -0.4 is 0 Å². The van der Waals surface area contributed by atoms with Crippen molar-refractivity contribution >= 4 is 29.1 Å². The van der Waals surface area contributed by atoms with E-state index in [0.29, 0.717) is 23.4 Å². The van der Waals surface area contributed by atoms with E-state index in [9.17, 15) is 18.0 Å². The molecule has 0 fully saturated rings. The van der Waals surface area contributed by atoms with Gasteiger partial charge in [-0.15, -0.1) is 23.1 Å². The Morgan fingerprint density at radius 3 is 2.81 bits per heavy atom. The van der Waals surface area contributed by atoms with Crippen molar-refractivity contribution in [3.8, 4) is 11.3 Å². The first-order valence-corrected chi connectivity index (χ1v) is 10.2. The Labute approximate surface area is 157 Å². The number of aromatic nitrogens is 2. The lowest BCUT2D eigenvalue weighted by Gasteiger charge is -2.18. The van der Waals surface area contributed by atoms with Crippen LogP contribution in [-0.4, -0.2) is 34.3 Å². The quantitative estimate of drug-likeness (QED) is 0.505.